The van der Waals surface area contributed by atoms with Crippen molar-refractivity contribution in [3.8, 4) is 0 Å². The van der Waals surface area contributed by atoms with Crippen LogP contribution < -0.4 is 11.3 Å². The molecule has 1 aromatic carbocycles. The Hall–Kier alpha value is -3.63. The van der Waals surface area contributed by atoms with E-state index >= 15 is 0 Å². The first-order chi connectivity index (χ1) is 17.5. The van der Waals surface area contributed by atoms with Crippen molar-refractivity contribution in [1.82, 2.24) is 14.5 Å². The Morgan fingerprint density at radius 3 is 2.38 bits per heavy atom. The van der Waals surface area contributed by atoms with Crippen LogP contribution in [-0.2, 0) is 24.2 Å². The number of likely N-dealkylation sites (tertiary alicyclic amines) is 1. The van der Waals surface area contributed by atoms with Crippen LogP contribution in [0.3, 0.4) is 0 Å². The molecule has 10 heteroatoms. The summed E-state index contributed by atoms with van der Waals surface area (Å²) < 4.78 is 14.6. The molecule has 1 saturated heterocycles. The Kier molecular flexibility index (Phi) is 7.42. The molecule has 0 atom stereocenters. The van der Waals surface area contributed by atoms with Gasteiger partial charge in [0.2, 0.25) is 5.91 Å². The van der Waals surface area contributed by atoms with Crippen LogP contribution in [-0.4, -0.2) is 55.9 Å². The van der Waals surface area contributed by atoms with E-state index in [2.05, 4.69) is 4.98 Å². The first-order valence-electron chi connectivity index (χ1n) is 12.2. The standard InChI is InChI=1S/C27H31FN4O5/c1-27(2,26(36)37)13-19-22(24(29)34)25(35)32(15-21(33)31-9-3-4-10-31)20-12-17(14-30-23(19)20)11-16-5-7-18(28)8-6-16/h5-8,12,14,26,36-37H,3-4,9-11,13,15H2,1-2H3,(H2,29,34). The lowest BCUT2D eigenvalue weighted by Crippen LogP contribution is -2.39. The van der Waals surface area contributed by atoms with Gasteiger partial charge in [0.05, 0.1) is 11.0 Å². The summed E-state index contributed by atoms with van der Waals surface area (Å²) in [6.45, 7) is 4.08. The monoisotopic (exact) mass is 510 g/mol. The van der Waals surface area contributed by atoms with Gasteiger partial charge in [0.25, 0.3) is 11.5 Å². The van der Waals surface area contributed by atoms with E-state index < -0.39 is 23.2 Å². The second-order valence-electron chi connectivity index (χ2n) is 10.3. The number of carbonyl (C=O) groups excluding carboxylic acids is 2. The number of hydrogen-bond donors (Lipinski definition) is 3. The van der Waals surface area contributed by atoms with Crippen LogP contribution in [0, 0.1) is 11.2 Å². The molecule has 0 spiro atoms. The van der Waals surface area contributed by atoms with Crippen LogP contribution >= 0.6 is 0 Å². The smallest absolute Gasteiger partial charge is 0.264 e. The number of aliphatic hydroxyl groups is 2. The van der Waals surface area contributed by atoms with Crippen molar-refractivity contribution >= 4 is 22.8 Å². The molecule has 0 unspecified atom stereocenters. The van der Waals surface area contributed by atoms with Crippen molar-refractivity contribution < 1.29 is 24.2 Å². The third-order valence-electron chi connectivity index (χ3n) is 6.91. The molecule has 196 valence electrons. The normalized spacial score (nSPS) is 14.1. The Bertz CT molecular complexity index is 1390. The van der Waals surface area contributed by atoms with Gasteiger partial charge in [0.1, 0.15) is 17.9 Å². The van der Waals surface area contributed by atoms with Gasteiger partial charge in [-0.05, 0) is 60.6 Å². The molecule has 2 amide bonds. The number of halogens is 1. The quantitative estimate of drug-likeness (QED) is 0.395. The minimum absolute atomic E-state index is 0.0695. The largest absolute Gasteiger partial charge is 0.368 e. The Morgan fingerprint density at radius 1 is 1.14 bits per heavy atom. The maximum Gasteiger partial charge on any atom is 0.264 e. The number of amides is 2. The lowest BCUT2D eigenvalue weighted by Gasteiger charge is -2.28. The molecule has 0 saturated carbocycles. The molecule has 2 aromatic heterocycles. The van der Waals surface area contributed by atoms with Crippen LogP contribution in [0.5, 0.6) is 0 Å². The third-order valence-corrected chi connectivity index (χ3v) is 6.91. The van der Waals surface area contributed by atoms with Crippen molar-refractivity contribution in [3.63, 3.8) is 0 Å². The van der Waals surface area contributed by atoms with Gasteiger partial charge in [-0.15, -0.1) is 0 Å². The number of aromatic nitrogens is 2. The first kappa shape index (κ1) is 26.4. The number of aliphatic hydroxyl groups excluding tert-OH is 1. The minimum Gasteiger partial charge on any atom is -0.368 e. The van der Waals surface area contributed by atoms with E-state index in [1.54, 1.807) is 43.1 Å². The summed E-state index contributed by atoms with van der Waals surface area (Å²) in [5.41, 5.74) is 5.79. The number of nitrogens with two attached hydrogens (primary N) is 1. The van der Waals surface area contributed by atoms with E-state index in [4.69, 9.17) is 5.73 Å². The summed E-state index contributed by atoms with van der Waals surface area (Å²) in [5.74, 6) is -1.59. The zero-order valence-corrected chi connectivity index (χ0v) is 20.9. The van der Waals surface area contributed by atoms with Crippen molar-refractivity contribution in [2.45, 2.75) is 52.4 Å². The summed E-state index contributed by atoms with van der Waals surface area (Å²) in [4.78, 5) is 45.4. The van der Waals surface area contributed by atoms with E-state index in [1.807, 2.05) is 0 Å². The fraction of sp³-hybridized carbons (Fsp3) is 0.407. The summed E-state index contributed by atoms with van der Waals surface area (Å²) in [6.07, 6.45) is 1.94. The van der Waals surface area contributed by atoms with Crippen molar-refractivity contribution in [2.24, 2.45) is 11.1 Å². The van der Waals surface area contributed by atoms with Gasteiger partial charge in [-0.1, -0.05) is 26.0 Å². The van der Waals surface area contributed by atoms with Gasteiger partial charge in [-0.3, -0.25) is 23.9 Å². The molecule has 9 nitrogen and oxygen atoms in total. The number of rotatable bonds is 8. The van der Waals surface area contributed by atoms with Gasteiger partial charge in [-0.2, -0.15) is 0 Å². The highest BCUT2D eigenvalue weighted by molar-refractivity contribution is 5.98. The molecule has 3 heterocycles. The van der Waals surface area contributed by atoms with Crippen molar-refractivity contribution in [3.05, 3.63) is 75.0 Å². The van der Waals surface area contributed by atoms with Crippen LogP contribution in [0.25, 0.3) is 11.0 Å². The van der Waals surface area contributed by atoms with Gasteiger partial charge in [0.15, 0.2) is 6.29 Å². The highest BCUT2D eigenvalue weighted by Crippen LogP contribution is 2.30. The molecule has 0 bridgehead atoms. The Balaban J connectivity index is 1.91. The van der Waals surface area contributed by atoms with Crippen LogP contribution in [0.2, 0.25) is 0 Å². The van der Waals surface area contributed by atoms with E-state index in [0.717, 1.165) is 18.4 Å². The summed E-state index contributed by atoms with van der Waals surface area (Å²) in [5, 5.41) is 19.8. The lowest BCUT2D eigenvalue weighted by molar-refractivity contribution is -0.130. The average molecular weight is 511 g/mol. The molecule has 1 aliphatic rings. The van der Waals surface area contributed by atoms with E-state index in [-0.39, 0.29) is 41.3 Å². The maximum absolute atomic E-state index is 13.7. The zero-order chi connectivity index (χ0) is 26.9. The summed E-state index contributed by atoms with van der Waals surface area (Å²) in [7, 11) is 0. The summed E-state index contributed by atoms with van der Waals surface area (Å²) in [6, 6.07) is 7.73. The fourth-order valence-corrected chi connectivity index (χ4v) is 4.69. The van der Waals surface area contributed by atoms with Crippen molar-refractivity contribution in [1.29, 1.82) is 0 Å². The second kappa shape index (κ2) is 10.4. The predicted octanol–water partition coefficient (Wildman–Crippen LogP) is 1.73. The van der Waals surface area contributed by atoms with Crippen molar-refractivity contribution in [2.75, 3.05) is 13.1 Å². The fourth-order valence-electron chi connectivity index (χ4n) is 4.69. The Labute approximate surface area is 213 Å². The number of benzene rings is 1. The molecule has 3 aromatic rings. The van der Waals surface area contributed by atoms with Gasteiger partial charge < -0.3 is 20.8 Å². The minimum atomic E-state index is -1.74. The van der Waals surface area contributed by atoms with Gasteiger partial charge >= 0.3 is 0 Å². The van der Waals surface area contributed by atoms with Crippen LogP contribution in [0.1, 0.15) is 53.7 Å². The number of fused-ring (bicyclic) bond motifs is 1. The molecule has 1 fully saturated rings. The third kappa shape index (κ3) is 5.55. The lowest BCUT2D eigenvalue weighted by atomic mass is 9.83. The van der Waals surface area contributed by atoms with E-state index in [9.17, 15) is 29.0 Å². The number of nitrogens with zero attached hydrogens (tertiary/aromatic N) is 3. The molecule has 4 N–H and O–H groups in total. The number of pyridine rings is 2. The average Bonchev–Trinajstić information content (AvgIpc) is 3.38. The molecule has 4 rings (SSSR count). The van der Waals surface area contributed by atoms with E-state index in [0.29, 0.717) is 30.6 Å². The number of carbonyl (C=O) groups is 2. The van der Waals surface area contributed by atoms with Gasteiger partial charge in [0, 0.05) is 24.7 Å². The molecule has 0 radical (unpaired) electrons. The van der Waals surface area contributed by atoms with E-state index in [1.165, 1.54) is 16.7 Å². The number of hydrogen-bond acceptors (Lipinski definition) is 6. The number of primary amides is 1. The van der Waals surface area contributed by atoms with Crippen LogP contribution in [0.15, 0.2) is 41.3 Å². The zero-order valence-electron chi connectivity index (χ0n) is 20.9. The predicted molar refractivity (Wildman–Crippen MR) is 135 cm³/mol. The summed E-state index contributed by atoms with van der Waals surface area (Å²) >= 11 is 0. The molecule has 37 heavy (non-hydrogen) atoms. The molecule has 1 aliphatic heterocycles. The SMILES string of the molecule is CC(C)(Cc1c(C(N)=O)c(=O)n(CC(=O)N2CCCC2)c2cc(Cc3ccc(F)cc3)cnc12)C(O)O. The topological polar surface area (TPSA) is 139 Å². The van der Waals surface area contributed by atoms with Crippen LogP contribution in [0.4, 0.5) is 4.39 Å². The highest BCUT2D eigenvalue weighted by atomic mass is 19.1. The molecular weight excluding hydrogens is 479 g/mol. The maximum atomic E-state index is 13.7. The molecule has 0 aliphatic carbocycles. The van der Waals surface area contributed by atoms with Gasteiger partial charge in [-0.25, -0.2) is 4.39 Å². The first-order valence-corrected chi connectivity index (χ1v) is 12.2. The molecular formula is C27H31FN4O5. The second-order valence-corrected chi connectivity index (χ2v) is 10.3. The Morgan fingerprint density at radius 2 is 1.78 bits per heavy atom. The highest BCUT2D eigenvalue weighted by Gasteiger charge is 2.32.